The van der Waals surface area contributed by atoms with Crippen molar-refractivity contribution < 1.29 is 0 Å². The Labute approximate surface area is 84.3 Å². The van der Waals surface area contributed by atoms with Gasteiger partial charge in [-0.05, 0) is 38.1 Å². The minimum absolute atomic E-state index is 0.680. The van der Waals surface area contributed by atoms with E-state index in [1.54, 1.807) is 0 Å². The van der Waals surface area contributed by atoms with Crippen molar-refractivity contribution in [3.05, 3.63) is 0 Å². The molecule has 0 rings (SSSR count). The van der Waals surface area contributed by atoms with Crippen LogP contribution in [0.5, 0.6) is 0 Å². The Morgan fingerprint density at radius 2 is 1.69 bits per heavy atom. The fraction of sp³-hybridized carbons (Fsp3) is 1.00. The quantitative estimate of drug-likeness (QED) is 0.640. The molecule has 0 aromatic carbocycles. The predicted octanol–water partition coefficient (Wildman–Crippen LogP) is 3.45. The number of hydrogen-bond donors (Lipinski definition) is 1. The second-order valence-corrected chi connectivity index (χ2v) is 4.83. The van der Waals surface area contributed by atoms with Gasteiger partial charge in [0.15, 0.2) is 0 Å². The molecule has 0 spiro atoms. The second kappa shape index (κ2) is 7.37. The molecule has 2 atom stereocenters. The molecule has 0 bridgehead atoms. The van der Waals surface area contributed by atoms with E-state index >= 15 is 0 Å². The average molecular weight is 185 g/mol. The standard InChI is InChI=1S/C12H27N/c1-6-7-11(4)9-13-12(5)8-10(2)3/h10-13H,6-9H2,1-5H3. The van der Waals surface area contributed by atoms with E-state index in [1.165, 1.54) is 25.8 Å². The van der Waals surface area contributed by atoms with Crippen molar-refractivity contribution in [2.75, 3.05) is 6.54 Å². The lowest BCUT2D eigenvalue weighted by molar-refractivity contribution is 0.395. The van der Waals surface area contributed by atoms with Crippen molar-refractivity contribution in [2.24, 2.45) is 11.8 Å². The molecule has 0 fully saturated rings. The van der Waals surface area contributed by atoms with E-state index in [0.717, 1.165) is 11.8 Å². The van der Waals surface area contributed by atoms with Crippen molar-refractivity contribution in [2.45, 2.75) is 59.9 Å². The van der Waals surface area contributed by atoms with Gasteiger partial charge in [-0.2, -0.15) is 0 Å². The first kappa shape index (κ1) is 13.0. The third-order valence-electron chi connectivity index (χ3n) is 2.42. The van der Waals surface area contributed by atoms with E-state index in [0.29, 0.717) is 6.04 Å². The van der Waals surface area contributed by atoms with Crippen molar-refractivity contribution >= 4 is 0 Å². The number of rotatable bonds is 7. The fourth-order valence-electron chi connectivity index (χ4n) is 1.79. The first-order valence-electron chi connectivity index (χ1n) is 5.79. The highest BCUT2D eigenvalue weighted by Crippen LogP contribution is 2.06. The van der Waals surface area contributed by atoms with Crippen LogP contribution in [0.4, 0.5) is 0 Å². The lowest BCUT2D eigenvalue weighted by Gasteiger charge is -2.18. The third kappa shape index (κ3) is 8.29. The summed E-state index contributed by atoms with van der Waals surface area (Å²) in [6.45, 7) is 12.6. The molecular weight excluding hydrogens is 158 g/mol. The van der Waals surface area contributed by atoms with Crippen LogP contribution in [0.2, 0.25) is 0 Å². The molecule has 80 valence electrons. The van der Waals surface area contributed by atoms with Crippen LogP contribution in [-0.4, -0.2) is 12.6 Å². The molecule has 13 heavy (non-hydrogen) atoms. The Morgan fingerprint density at radius 1 is 1.08 bits per heavy atom. The summed E-state index contributed by atoms with van der Waals surface area (Å²) in [6.07, 6.45) is 3.95. The Kier molecular flexibility index (Phi) is 7.35. The van der Waals surface area contributed by atoms with Gasteiger partial charge in [0.1, 0.15) is 0 Å². The van der Waals surface area contributed by atoms with Crippen LogP contribution in [0.15, 0.2) is 0 Å². The lowest BCUT2D eigenvalue weighted by Crippen LogP contribution is -2.31. The van der Waals surface area contributed by atoms with Gasteiger partial charge in [-0.1, -0.05) is 34.1 Å². The van der Waals surface area contributed by atoms with Gasteiger partial charge in [0.2, 0.25) is 0 Å². The highest BCUT2D eigenvalue weighted by Gasteiger charge is 2.06. The van der Waals surface area contributed by atoms with Crippen LogP contribution in [-0.2, 0) is 0 Å². The molecule has 0 aliphatic rings. The molecule has 2 unspecified atom stereocenters. The Hall–Kier alpha value is -0.0400. The lowest BCUT2D eigenvalue weighted by atomic mass is 10.0. The minimum atomic E-state index is 0.680. The molecule has 0 heterocycles. The summed E-state index contributed by atoms with van der Waals surface area (Å²) in [5.41, 5.74) is 0. The SMILES string of the molecule is CCCC(C)CNC(C)CC(C)C. The van der Waals surface area contributed by atoms with E-state index in [1.807, 2.05) is 0 Å². The van der Waals surface area contributed by atoms with Crippen molar-refractivity contribution in [1.29, 1.82) is 0 Å². The molecule has 1 nitrogen and oxygen atoms in total. The Bertz CT molecular complexity index is 110. The molecule has 1 N–H and O–H groups in total. The van der Waals surface area contributed by atoms with Crippen molar-refractivity contribution in [3.63, 3.8) is 0 Å². The molecule has 0 aromatic heterocycles. The zero-order chi connectivity index (χ0) is 10.3. The van der Waals surface area contributed by atoms with Gasteiger partial charge < -0.3 is 5.32 Å². The minimum Gasteiger partial charge on any atom is -0.314 e. The van der Waals surface area contributed by atoms with E-state index in [9.17, 15) is 0 Å². The zero-order valence-electron chi connectivity index (χ0n) is 10.1. The second-order valence-electron chi connectivity index (χ2n) is 4.83. The maximum Gasteiger partial charge on any atom is 0.00412 e. The van der Waals surface area contributed by atoms with Crippen LogP contribution in [0.3, 0.4) is 0 Å². The molecule has 0 aromatic rings. The molecule has 0 saturated heterocycles. The van der Waals surface area contributed by atoms with E-state index in [4.69, 9.17) is 0 Å². The van der Waals surface area contributed by atoms with Crippen molar-refractivity contribution in [1.82, 2.24) is 5.32 Å². The normalized spacial score (nSPS) is 16.2. The summed E-state index contributed by atoms with van der Waals surface area (Å²) >= 11 is 0. The fourth-order valence-corrected chi connectivity index (χ4v) is 1.79. The van der Waals surface area contributed by atoms with Gasteiger partial charge in [-0.3, -0.25) is 0 Å². The maximum absolute atomic E-state index is 3.60. The summed E-state index contributed by atoms with van der Waals surface area (Å²) in [6, 6.07) is 0.680. The maximum atomic E-state index is 3.60. The summed E-state index contributed by atoms with van der Waals surface area (Å²) < 4.78 is 0. The molecule has 0 aliphatic heterocycles. The molecule has 0 radical (unpaired) electrons. The van der Waals surface area contributed by atoms with Gasteiger partial charge >= 0.3 is 0 Å². The molecule has 0 amide bonds. The first-order valence-corrected chi connectivity index (χ1v) is 5.79. The van der Waals surface area contributed by atoms with Gasteiger partial charge in [0, 0.05) is 6.04 Å². The van der Waals surface area contributed by atoms with E-state index in [-0.39, 0.29) is 0 Å². The Balaban J connectivity index is 3.40. The first-order chi connectivity index (χ1) is 6.06. The number of hydrogen-bond acceptors (Lipinski definition) is 1. The topological polar surface area (TPSA) is 12.0 Å². The monoisotopic (exact) mass is 185 g/mol. The highest BCUT2D eigenvalue weighted by atomic mass is 14.9. The predicted molar refractivity (Wildman–Crippen MR) is 61.0 cm³/mol. The summed E-state index contributed by atoms with van der Waals surface area (Å²) in [5, 5.41) is 3.60. The Morgan fingerprint density at radius 3 is 2.15 bits per heavy atom. The van der Waals surface area contributed by atoms with Crippen LogP contribution in [0.25, 0.3) is 0 Å². The molecular formula is C12H27N. The summed E-state index contributed by atoms with van der Waals surface area (Å²) in [7, 11) is 0. The molecule has 0 aliphatic carbocycles. The van der Waals surface area contributed by atoms with Gasteiger partial charge in [-0.15, -0.1) is 0 Å². The van der Waals surface area contributed by atoms with Crippen molar-refractivity contribution in [3.8, 4) is 0 Å². The van der Waals surface area contributed by atoms with Gasteiger partial charge in [0.05, 0.1) is 0 Å². The number of nitrogens with one attached hydrogen (secondary N) is 1. The zero-order valence-corrected chi connectivity index (χ0v) is 10.1. The average Bonchev–Trinajstić information content (AvgIpc) is 2.00. The van der Waals surface area contributed by atoms with Gasteiger partial charge in [0.25, 0.3) is 0 Å². The van der Waals surface area contributed by atoms with Crippen LogP contribution in [0, 0.1) is 11.8 Å². The largest absolute Gasteiger partial charge is 0.314 e. The van der Waals surface area contributed by atoms with Crippen LogP contribution >= 0.6 is 0 Å². The summed E-state index contributed by atoms with van der Waals surface area (Å²) in [4.78, 5) is 0. The highest BCUT2D eigenvalue weighted by molar-refractivity contribution is 4.65. The van der Waals surface area contributed by atoms with Gasteiger partial charge in [-0.25, -0.2) is 0 Å². The molecule has 0 saturated carbocycles. The van der Waals surface area contributed by atoms with E-state index < -0.39 is 0 Å². The van der Waals surface area contributed by atoms with E-state index in [2.05, 4.69) is 39.9 Å². The smallest absolute Gasteiger partial charge is 0.00412 e. The van der Waals surface area contributed by atoms with Crippen LogP contribution < -0.4 is 5.32 Å². The van der Waals surface area contributed by atoms with Crippen LogP contribution in [0.1, 0.15) is 53.9 Å². The third-order valence-corrected chi connectivity index (χ3v) is 2.42. The molecule has 1 heteroatoms. The summed E-state index contributed by atoms with van der Waals surface area (Å²) in [5.74, 6) is 1.64.